The van der Waals surface area contributed by atoms with Crippen LogP contribution in [0.4, 0.5) is 5.69 Å². The lowest BCUT2D eigenvalue weighted by Gasteiger charge is -2.03. The summed E-state index contributed by atoms with van der Waals surface area (Å²) in [4.78, 5) is 10.1. The summed E-state index contributed by atoms with van der Waals surface area (Å²) in [5.41, 5.74) is -0.221. The molecule has 15 heavy (non-hydrogen) atoms. The van der Waals surface area contributed by atoms with Crippen molar-refractivity contribution in [1.82, 2.24) is 0 Å². The van der Waals surface area contributed by atoms with Crippen LogP contribution in [0.25, 0.3) is 10.8 Å². The molecule has 0 radical (unpaired) electrons. The second-order valence-electron chi connectivity index (χ2n) is 3.06. The molecule has 0 heterocycles. The van der Waals surface area contributed by atoms with Crippen molar-refractivity contribution < 1.29 is 15.1 Å². The molecule has 0 amide bonds. The third kappa shape index (κ3) is 1.34. The number of nitrogens with zero attached hydrogens (tertiary/aromatic N) is 1. The lowest BCUT2D eigenvalue weighted by atomic mass is 10.1. The van der Waals surface area contributed by atoms with Gasteiger partial charge in [-0.2, -0.15) is 0 Å². The molecule has 2 aromatic rings. The average molecular weight is 205 g/mol. The van der Waals surface area contributed by atoms with E-state index in [0.717, 1.165) is 0 Å². The van der Waals surface area contributed by atoms with Crippen LogP contribution in [0.1, 0.15) is 0 Å². The molecule has 5 nitrogen and oxygen atoms in total. The number of nitro benzene ring substituents is 1. The summed E-state index contributed by atoms with van der Waals surface area (Å²) in [5.74, 6) is -0.304. The van der Waals surface area contributed by atoms with Gasteiger partial charge in [-0.1, -0.05) is 12.1 Å². The SMILES string of the molecule is O=[N+]([O-])c1cccc2c(O)ccc(O)c12. The highest BCUT2D eigenvalue weighted by molar-refractivity contribution is 5.99. The topological polar surface area (TPSA) is 83.6 Å². The van der Waals surface area contributed by atoms with Crippen molar-refractivity contribution in [2.24, 2.45) is 0 Å². The van der Waals surface area contributed by atoms with Crippen molar-refractivity contribution in [2.45, 2.75) is 0 Å². The highest BCUT2D eigenvalue weighted by atomic mass is 16.6. The van der Waals surface area contributed by atoms with Crippen LogP contribution in [0.5, 0.6) is 11.5 Å². The van der Waals surface area contributed by atoms with Gasteiger partial charge in [0.1, 0.15) is 16.9 Å². The monoisotopic (exact) mass is 205 g/mol. The zero-order valence-electron chi connectivity index (χ0n) is 7.54. The molecule has 0 aromatic heterocycles. The first-order valence-corrected chi connectivity index (χ1v) is 4.19. The average Bonchev–Trinajstić information content (AvgIpc) is 2.23. The molecule has 0 saturated heterocycles. The van der Waals surface area contributed by atoms with Gasteiger partial charge in [0.15, 0.2) is 0 Å². The normalized spacial score (nSPS) is 10.4. The number of rotatable bonds is 1. The van der Waals surface area contributed by atoms with Gasteiger partial charge in [-0.15, -0.1) is 0 Å². The van der Waals surface area contributed by atoms with Crippen molar-refractivity contribution in [3.05, 3.63) is 40.4 Å². The molecule has 0 aliphatic rings. The molecule has 2 N–H and O–H groups in total. The molecule has 0 atom stereocenters. The number of phenolic OH excluding ortho intramolecular Hbond substituents is 2. The van der Waals surface area contributed by atoms with Crippen molar-refractivity contribution in [1.29, 1.82) is 0 Å². The number of fused-ring (bicyclic) bond motifs is 1. The molecule has 0 spiro atoms. The van der Waals surface area contributed by atoms with Gasteiger partial charge in [0.05, 0.1) is 4.92 Å². The number of aromatic hydroxyl groups is 2. The molecule has 0 bridgehead atoms. The first kappa shape index (κ1) is 9.26. The lowest BCUT2D eigenvalue weighted by Crippen LogP contribution is -1.89. The number of hydrogen-bond acceptors (Lipinski definition) is 4. The largest absolute Gasteiger partial charge is 0.507 e. The van der Waals surface area contributed by atoms with Crippen LogP contribution in [-0.4, -0.2) is 15.1 Å². The van der Waals surface area contributed by atoms with E-state index in [1.165, 1.54) is 30.3 Å². The van der Waals surface area contributed by atoms with E-state index in [2.05, 4.69) is 0 Å². The van der Waals surface area contributed by atoms with E-state index in [9.17, 15) is 20.3 Å². The standard InChI is InChI=1S/C10H7NO4/c12-8-4-5-9(13)10-6(8)2-1-3-7(10)11(14)15/h1-5,12-13H. The predicted molar refractivity (Wildman–Crippen MR) is 53.9 cm³/mol. The Hall–Kier alpha value is -2.30. The molecular formula is C10H7NO4. The Morgan fingerprint density at radius 3 is 2.40 bits per heavy atom. The van der Waals surface area contributed by atoms with Crippen LogP contribution in [0.3, 0.4) is 0 Å². The maximum absolute atomic E-state index is 10.7. The fourth-order valence-electron chi connectivity index (χ4n) is 1.51. The lowest BCUT2D eigenvalue weighted by molar-refractivity contribution is -0.383. The van der Waals surface area contributed by atoms with Gasteiger partial charge in [-0.3, -0.25) is 10.1 Å². The second-order valence-corrected chi connectivity index (χ2v) is 3.06. The fraction of sp³-hybridized carbons (Fsp3) is 0. The van der Waals surface area contributed by atoms with Gasteiger partial charge < -0.3 is 10.2 Å². The van der Waals surface area contributed by atoms with Crippen molar-refractivity contribution >= 4 is 16.5 Å². The van der Waals surface area contributed by atoms with Gasteiger partial charge in [0.25, 0.3) is 5.69 Å². The zero-order valence-corrected chi connectivity index (χ0v) is 7.54. The van der Waals surface area contributed by atoms with Crippen LogP contribution in [0, 0.1) is 10.1 Å². The first-order valence-electron chi connectivity index (χ1n) is 4.19. The van der Waals surface area contributed by atoms with E-state index in [1.807, 2.05) is 0 Å². The minimum absolute atomic E-state index is 0.0579. The van der Waals surface area contributed by atoms with E-state index in [1.54, 1.807) is 0 Å². The van der Waals surface area contributed by atoms with E-state index < -0.39 is 4.92 Å². The number of benzene rings is 2. The molecule has 0 fully saturated rings. The Morgan fingerprint density at radius 2 is 1.73 bits per heavy atom. The number of nitro groups is 1. The quantitative estimate of drug-likeness (QED) is 0.424. The van der Waals surface area contributed by atoms with Crippen LogP contribution in [0.15, 0.2) is 30.3 Å². The van der Waals surface area contributed by atoms with E-state index in [4.69, 9.17) is 0 Å². The molecule has 76 valence electrons. The Kier molecular flexibility index (Phi) is 1.93. The minimum Gasteiger partial charge on any atom is -0.507 e. The summed E-state index contributed by atoms with van der Waals surface area (Å²) < 4.78 is 0. The summed E-state index contributed by atoms with van der Waals surface area (Å²) in [6.07, 6.45) is 0. The fourth-order valence-corrected chi connectivity index (χ4v) is 1.51. The highest BCUT2D eigenvalue weighted by Crippen LogP contribution is 2.37. The maximum atomic E-state index is 10.7. The molecule has 2 aromatic carbocycles. The van der Waals surface area contributed by atoms with E-state index in [0.29, 0.717) is 0 Å². The molecule has 0 aliphatic heterocycles. The van der Waals surface area contributed by atoms with Gasteiger partial charge in [-0.25, -0.2) is 0 Å². The summed E-state index contributed by atoms with van der Waals surface area (Å²) in [5, 5.41) is 30.0. The summed E-state index contributed by atoms with van der Waals surface area (Å²) in [7, 11) is 0. The van der Waals surface area contributed by atoms with Crippen molar-refractivity contribution in [2.75, 3.05) is 0 Å². The van der Waals surface area contributed by atoms with E-state index in [-0.39, 0.29) is 28.0 Å². The zero-order chi connectivity index (χ0) is 11.0. The summed E-state index contributed by atoms with van der Waals surface area (Å²) in [6, 6.07) is 6.77. The van der Waals surface area contributed by atoms with Gasteiger partial charge in [0.2, 0.25) is 0 Å². The minimum atomic E-state index is -0.596. The molecule has 0 unspecified atom stereocenters. The van der Waals surface area contributed by atoms with Crippen LogP contribution in [0.2, 0.25) is 0 Å². The van der Waals surface area contributed by atoms with E-state index >= 15 is 0 Å². The Bertz CT molecular complexity index is 550. The summed E-state index contributed by atoms with van der Waals surface area (Å²) >= 11 is 0. The Labute approximate surface area is 84.4 Å². The number of phenols is 2. The van der Waals surface area contributed by atoms with Gasteiger partial charge in [-0.05, 0) is 12.1 Å². The molecule has 5 heteroatoms. The van der Waals surface area contributed by atoms with Gasteiger partial charge in [0, 0.05) is 11.5 Å². The van der Waals surface area contributed by atoms with Crippen molar-refractivity contribution in [3.8, 4) is 11.5 Å². The van der Waals surface area contributed by atoms with Gasteiger partial charge >= 0.3 is 0 Å². The van der Waals surface area contributed by atoms with Crippen LogP contribution >= 0.6 is 0 Å². The molecule has 0 aliphatic carbocycles. The first-order chi connectivity index (χ1) is 7.11. The summed E-state index contributed by atoms with van der Waals surface area (Å²) in [6.45, 7) is 0. The third-order valence-corrected chi connectivity index (χ3v) is 2.17. The molecular weight excluding hydrogens is 198 g/mol. The highest BCUT2D eigenvalue weighted by Gasteiger charge is 2.16. The van der Waals surface area contributed by atoms with Crippen molar-refractivity contribution in [3.63, 3.8) is 0 Å². The maximum Gasteiger partial charge on any atom is 0.281 e. The van der Waals surface area contributed by atoms with Crippen LogP contribution < -0.4 is 0 Å². The third-order valence-electron chi connectivity index (χ3n) is 2.17. The van der Waals surface area contributed by atoms with Crippen LogP contribution in [-0.2, 0) is 0 Å². The smallest absolute Gasteiger partial charge is 0.281 e. The molecule has 2 rings (SSSR count). The Balaban J connectivity index is 2.96. The molecule has 0 saturated carbocycles. The number of hydrogen-bond donors (Lipinski definition) is 2. The number of non-ortho nitro benzene ring substituents is 1. The second kappa shape index (κ2) is 3.13. The Morgan fingerprint density at radius 1 is 1.07 bits per heavy atom. The predicted octanol–water partition coefficient (Wildman–Crippen LogP) is 2.16.